The molecule has 0 aromatic carbocycles. The topological polar surface area (TPSA) is 56.8 Å². The van der Waals surface area contributed by atoms with Crippen LogP contribution in [0.4, 0.5) is 0 Å². The average Bonchev–Trinajstić information content (AvgIpc) is 2.31. The summed E-state index contributed by atoms with van der Waals surface area (Å²) in [6.45, 7) is 3.21. The molecule has 0 bridgehead atoms. The summed E-state index contributed by atoms with van der Waals surface area (Å²) in [5, 5.41) is 2.91. The molecule has 1 saturated heterocycles. The highest BCUT2D eigenvalue weighted by Crippen LogP contribution is 2.15. The van der Waals surface area contributed by atoms with Crippen molar-refractivity contribution in [3.8, 4) is 0 Å². The maximum Gasteiger partial charge on any atom is 0.223 e. The van der Waals surface area contributed by atoms with E-state index >= 15 is 0 Å². The summed E-state index contributed by atoms with van der Waals surface area (Å²) in [6, 6.07) is -0.148. The lowest BCUT2D eigenvalue weighted by molar-refractivity contribution is -0.140. The summed E-state index contributed by atoms with van der Waals surface area (Å²) < 4.78 is 15.4. The van der Waals surface area contributed by atoms with Crippen molar-refractivity contribution in [2.75, 3.05) is 27.4 Å². The van der Waals surface area contributed by atoms with Gasteiger partial charge >= 0.3 is 0 Å². The Morgan fingerprint density at radius 1 is 1.31 bits per heavy atom. The SMILES string of the molecule is COC(OC)C(C)NC(=O)C1CCOCC1. The van der Waals surface area contributed by atoms with Gasteiger partial charge in [-0.3, -0.25) is 4.79 Å². The fourth-order valence-corrected chi connectivity index (χ4v) is 1.87. The van der Waals surface area contributed by atoms with E-state index in [1.807, 2.05) is 6.92 Å². The first-order valence-electron chi connectivity index (χ1n) is 5.62. The third-order valence-corrected chi connectivity index (χ3v) is 2.83. The molecule has 1 atom stereocenters. The van der Waals surface area contributed by atoms with E-state index in [9.17, 15) is 4.79 Å². The number of amides is 1. The van der Waals surface area contributed by atoms with E-state index in [0.29, 0.717) is 13.2 Å². The van der Waals surface area contributed by atoms with Crippen LogP contribution >= 0.6 is 0 Å². The van der Waals surface area contributed by atoms with Crippen LogP contribution in [-0.4, -0.2) is 45.7 Å². The molecule has 1 amide bonds. The average molecular weight is 231 g/mol. The van der Waals surface area contributed by atoms with Crippen LogP contribution in [0.5, 0.6) is 0 Å². The van der Waals surface area contributed by atoms with Gasteiger partial charge in [-0.2, -0.15) is 0 Å². The zero-order valence-corrected chi connectivity index (χ0v) is 10.2. The number of carbonyl (C=O) groups is 1. The van der Waals surface area contributed by atoms with E-state index in [-0.39, 0.29) is 17.9 Å². The van der Waals surface area contributed by atoms with Crippen LogP contribution in [0.1, 0.15) is 19.8 Å². The molecular formula is C11H21NO4. The molecule has 94 valence electrons. The highest BCUT2D eigenvalue weighted by Gasteiger charge is 2.25. The number of hydrogen-bond donors (Lipinski definition) is 1. The Balaban J connectivity index is 2.37. The van der Waals surface area contributed by atoms with Crippen molar-refractivity contribution in [1.29, 1.82) is 0 Å². The van der Waals surface area contributed by atoms with Crippen molar-refractivity contribution in [3.05, 3.63) is 0 Å². The van der Waals surface area contributed by atoms with Crippen LogP contribution in [0.15, 0.2) is 0 Å². The number of ether oxygens (including phenoxy) is 3. The largest absolute Gasteiger partial charge is 0.381 e. The summed E-state index contributed by atoms with van der Waals surface area (Å²) in [4.78, 5) is 11.9. The minimum Gasteiger partial charge on any atom is -0.381 e. The highest BCUT2D eigenvalue weighted by atomic mass is 16.7. The van der Waals surface area contributed by atoms with Crippen LogP contribution in [0, 0.1) is 5.92 Å². The molecular weight excluding hydrogens is 210 g/mol. The molecule has 0 saturated carbocycles. The molecule has 5 nitrogen and oxygen atoms in total. The van der Waals surface area contributed by atoms with Gasteiger partial charge in [0.2, 0.25) is 5.91 Å². The third kappa shape index (κ3) is 3.73. The smallest absolute Gasteiger partial charge is 0.223 e. The lowest BCUT2D eigenvalue weighted by Gasteiger charge is -2.26. The van der Waals surface area contributed by atoms with Crippen LogP contribution in [0.25, 0.3) is 0 Å². The molecule has 1 aliphatic heterocycles. The Kier molecular flexibility index (Phi) is 5.73. The number of rotatable bonds is 5. The van der Waals surface area contributed by atoms with Gasteiger partial charge in [0, 0.05) is 33.4 Å². The molecule has 1 unspecified atom stereocenters. The standard InChI is InChI=1S/C11H21NO4/c1-8(11(14-2)15-3)12-10(13)9-4-6-16-7-5-9/h8-9,11H,4-7H2,1-3H3,(H,12,13). The Morgan fingerprint density at radius 2 is 1.88 bits per heavy atom. The van der Waals surface area contributed by atoms with Crippen molar-refractivity contribution in [2.45, 2.75) is 32.1 Å². The zero-order chi connectivity index (χ0) is 12.0. The first kappa shape index (κ1) is 13.4. The first-order chi connectivity index (χ1) is 7.69. The predicted octanol–water partition coefficient (Wildman–Crippen LogP) is 0.537. The summed E-state index contributed by atoms with van der Waals surface area (Å²) >= 11 is 0. The molecule has 0 radical (unpaired) electrons. The van der Waals surface area contributed by atoms with E-state index < -0.39 is 6.29 Å². The lowest BCUT2D eigenvalue weighted by Crippen LogP contribution is -2.46. The minimum absolute atomic E-state index is 0.0607. The number of hydrogen-bond acceptors (Lipinski definition) is 4. The third-order valence-electron chi connectivity index (χ3n) is 2.83. The normalized spacial score (nSPS) is 19.8. The Bertz CT molecular complexity index is 212. The molecule has 0 aliphatic carbocycles. The number of nitrogens with one attached hydrogen (secondary N) is 1. The van der Waals surface area contributed by atoms with Gasteiger partial charge in [-0.1, -0.05) is 0 Å². The maximum atomic E-state index is 11.9. The van der Waals surface area contributed by atoms with Gasteiger partial charge in [-0.25, -0.2) is 0 Å². The first-order valence-corrected chi connectivity index (χ1v) is 5.62. The maximum absolute atomic E-state index is 11.9. The Labute approximate surface area is 96.4 Å². The molecule has 1 fully saturated rings. The fourth-order valence-electron chi connectivity index (χ4n) is 1.87. The molecule has 0 spiro atoms. The molecule has 1 N–H and O–H groups in total. The van der Waals surface area contributed by atoms with E-state index in [2.05, 4.69) is 5.32 Å². The van der Waals surface area contributed by atoms with Gasteiger partial charge in [0.15, 0.2) is 6.29 Å². The monoisotopic (exact) mass is 231 g/mol. The highest BCUT2D eigenvalue weighted by molar-refractivity contribution is 5.79. The summed E-state index contributed by atoms with van der Waals surface area (Å²) in [5.41, 5.74) is 0. The summed E-state index contributed by atoms with van der Waals surface area (Å²) in [5.74, 6) is 0.125. The number of methoxy groups -OCH3 is 2. The van der Waals surface area contributed by atoms with Crippen molar-refractivity contribution in [2.24, 2.45) is 5.92 Å². The van der Waals surface area contributed by atoms with Crippen LogP contribution in [-0.2, 0) is 19.0 Å². The Morgan fingerprint density at radius 3 is 2.38 bits per heavy atom. The number of carbonyl (C=O) groups excluding carboxylic acids is 1. The van der Waals surface area contributed by atoms with Gasteiger partial charge in [0.05, 0.1) is 6.04 Å². The van der Waals surface area contributed by atoms with Crippen molar-refractivity contribution in [3.63, 3.8) is 0 Å². The van der Waals surface area contributed by atoms with E-state index in [1.54, 1.807) is 14.2 Å². The van der Waals surface area contributed by atoms with E-state index in [0.717, 1.165) is 12.8 Å². The van der Waals surface area contributed by atoms with Gasteiger partial charge < -0.3 is 19.5 Å². The quantitative estimate of drug-likeness (QED) is 0.701. The predicted molar refractivity (Wildman–Crippen MR) is 59.0 cm³/mol. The van der Waals surface area contributed by atoms with Crippen LogP contribution in [0.3, 0.4) is 0 Å². The Hall–Kier alpha value is -0.650. The van der Waals surface area contributed by atoms with Crippen molar-refractivity contribution < 1.29 is 19.0 Å². The fraction of sp³-hybridized carbons (Fsp3) is 0.909. The van der Waals surface area contributed by atoms with E-state index in [4.69, 9.17) is 14.2 Å². The van der Waals surface area contributed by atoms with Crippen LogP contribution in [0.2, 0.25) is 0 Å². The van der Waals surface area contributed by atoms with Gasteiger partial charge in [-0.05, 0) is 19.8 Å². The summed E-state index contributed by atoms with van der Waals surface area (Å²) in [7, 11) is 3.12. The van der Waals surface area contributed by atoms with Gasteiger partial charge in [-0.15, -0.1) is 0 Å². The molecule has 16 heavy (non-hydrogen) atoms. The minimum atomic E-state index is -0.399. The lowest BCUT2D eigenvalue weighted by atomic mass is 9.99. The molecule has 1 heterocycles. The van der Waals surface area contributed by atoms with Gasteiger partial charge in [0.25, 0.3) is 0 Å². The van der Waals surface area contributed by atoms with E-state index in [1.165, 1.54) is 0 Å². The van der Waals surface area contributed by atoms with Crippen molar-refractivity contribution in [1.82, 2.24) is 5.32 Å². The molecule has 1 aliphatic rings. The second-order valence-electron chi connectivity index (χ2n) is 4.02. The second-order valence-corrected chi connectivity index (χ2v) is 4.02. The van der Waals surface area contributed by atoms with Crippen LogP contribution < -0.4 is 5.32 Å². The van der Waals surface area contributed by atoms with Crippen molar-refractivity contribution >= 4 is 5.91 Å². The molecule has 1 rings (SSSR count). The molecule has 0 aromatic rings. The van der Waals surface area contributed by atoms with Gasteiger partial charge in [0.1, 0.15) is 0 Å². The molecule has 5 heteroatoms. The molecule has 0 aromatic heterocycles. The second kappa shape index (κ2) is 6.83. The summed E-state index contributed by atoms with van der Waals surface area (Å²) in [6.07, 6.45) is 1.19. The zero-order valence-electron chi connectivity index (χ0n) is 10.2.